The second kappa shape index (κ2) is 4.69. The van der Waals surface area contributed by atoms with Gasteiger partial charge >= 0.3 is 0 Å². The van der Waals surface area contributed by atoms with Crippen LogP contribution in [0.1, 0.15) is 27.0 Å². The van der Waals surface area contributed by atoms with E-state index in [1.807, 2.05) is 0 Å². The molecule has 0 unspecified atom stereocenters. The molecule has 0 N–H and O–H groups in total. The Morgan fingerprint density at radius 2 is 1.67 bits per heavy atom. The zero-order valence-electron chi connectivity index (χ0n) is 10.1. The van der Waals surface area contributed by atoms with E-state index in [9.17, 15) is 13.6 Å². The van der Waals surface area contributed by atoms with Crippen LogP contribution in [0.4, 0.5) is 8.78 Å². The van der Waals surface area contributed by atoms with E-state index in [1.165, 1.54) is 30.3 Å². The van der Waals surface area contributed by atoms with Gasteiger partial charge in [-0.05, 0) is 55.3 Å². The average molecular weight is 246 g/mol. The lowest BCUT2D eigenvalue weighted by molar-refractivity contribution is 0.103. The highest BCUT2D eigenvalue weighted by atomic mass is 19.1. The number of hydrogen-bond acceptors (Lipinski definition) is 1. The zero-order valence-corrected chi connectivity index (χ0v) is 10.1. The first-order valence-electron chi connectivity index (χ1n) is 5.56. The Morgan fingerprint density at radius 3 is 2.28 bits per heavy atom. The molecule has 0 heterocycles. The molecule has 0 saturated heterocycles. The van der Waals surface area contributed by atoms with E-state index in [2.05, 4.69) is 0 Å². The molecule has 0 saturated carbocycles. The maximum atomic E-state index is 13.7. The van der Waals surface area contributed by atoms with Gasteiger partial charge < -0.3 is 0 Å². The van der Waals surface area contributed by atoms with Crippen LogP contribution in [0.3, 0.4) is 0 Å². The first kappa shape index (κ1) is 12.4. The smallest absolute Gasteiger partial charge is 0.195 e. The summed E-state index contributed by atoms with van der Waals surface area (Å²) in [6, 6.07) is 8.44. The molecule has 18 heavy (non-hydrogen) atoms. The molecule has 0 atom stereocenters. The van der Waals surface area contributed by atoms with Crippen LogP contribution in [0.15, 0.2) is 36.4 Å². The summed E-state index contributed by atoms with van der Waals surface area (Å²) in [5.74, 6) is -1.37. The lowest BCUT2D eigenvalue weighted by Crippen LogP contribution is -2.05. The topological polar surface area (TPSA) is 17.1 Å². The highest BCUT2D eigenvalue weighted by Gasteiger charge is 2.14. The monoisotopic (exact) mass is 246 g/mol. The van der Waals surface area contributed by atoms with E-state index < -0.39 is 11.6 Å². The van der Waals surface area contributed by atoms with Crippen molar-refractivity contribution in [3.05, 3.63) is 70.3 Å². The summed E-state index contributed by atoms with van der Waals surface area (Å²) >= 11 is 0. The molecule has 92 valence electrons. The van der Waals surface area contributed by atoms with Gasteiger partial charge in [0.25, 0.3) is 0 Å². The third-order valence-electron chi connectivity index (χ3n) is 2.79. The van der Waals surface area contributed by atoms with E-state index >= 15 is 0 Å². The largest absolute Gasteiger partial charge is 0.288 e. The minimum absolute atomic E-state index is 0.00612. The van der Waals surface area contributed by atoms with Crippen molar-refractivity contribution in [2.75, 3.05) is 0 Å². The lowest BCUT2D eigenvalue weighted by Gasteiger charge is -2.05. The molecular weight excluding hydrogens is 234 g/mol. The molecule has 0 aromatic heterocycles. The summed E-state index contributed by atoms with van der Waals surface area (Å²) in [6.45, 7) is 3.32. The van der Waals surface area contributed by atoms with Crippen LogP contribution in [-0.4, -0.2) is 5.78 Å². The molecule has 0 aliphatic carbocycles. The second-order valence-corrected chi connectivity index (χ2v) is 4.28. The number of hydrogen-bond donors (Lipinski definition) is 0. The Balaban J connectivity index is 2.44. The van der Waals surface area contributed by atoms with Crippen molar-refractivity contribution in [1.82, 2.24) is 0 Å². The van der Waals surface area contributed by atoms with Gasteiger partial charge in [-0.15, -0.1) is 0 Å². The van der Waals surface area contributed by atoms with Crippen LogP contribution in [0.5, 0.6) is 0 Å². The molecular formula is C15H12F2O. The third kappa shape index (κ3) is 2.30. The first-order chi connectivity index (χ1) is 8.49. The number of rotatable bonds is 2. The lowest BCUT2D eigenvalue weighted by atomic mass is 10.00. The molecule has 2 aromatic rings. The third-order valence-corrected chi connectivity index (χ3v) is 2.79. The van der Waals surface area contributed by atoms with Gasteiger partial charge in [-0.25, -0.2) is 8.78 Å². The van der Waals surface area contributed by atoms with Gasteiger partial charge in [0, 0.05) is 5.56 Å². The van der Waals surface area contributed by atoms with Gasteiger partial charge in [-0.2, -0.15) is 0 Å². The summed E-state index contributed by atoms with van der Waals surface area (Å²) in [7, 11) is 0. The number of carbonyl (C=O) groups is 1. The van der Waals surface area contributed by atoms with E-state index in [0.717, 1.165) is 5.56 Å². The highest BCUT2D eigenvalue weighted by molar-refractivity contribution is 6.09. The van der Waals surface area contributed by atoms with E-state index in [0.29, 0.717) is 5.56 Å². The average Bonchev–Trinajstić information content (AvgIpc) is 2.32. The number of ketones is 1. The van der Waals surface area contributed by atoms with Gasteiger partial charge in [0.15, 0.2) is 5.78 Å². The summed E-state index contributed by atoms with van der Waals surface area (Å²) in [4.78, 5) is 12.1. The predicted octanol–water partition coefficient (Wildman–Crippen LogP) is 3.81. The van der Waals surface area contributed by atoms with Crippen molar-refractivity contribution in [1.29, 1.82) is 0 Å². The Bertz CT molecular complexity index is 618. The van der Waals surface area contributed by atoms with Crippen LogP contribution < -0.4 is 0 Å². The van der Waals surface area contributed by atoms with Crippen molar-refractivity contribution in [2.24, 2.45) is 0 Å². The van der Waals surface area contributed by atoms with Gasteiger partial charge in [0.05, 0.1) is 5.56 Å². The summed E-state index contributed by atoms with van der Waals surface area (Å²) < 4.78 is 26.8. The summed E-state index contributed by atoms with van der Waals surface area (Å²) in [5.41, 5.74) is 1.41. The maximum Gasteiger partial charge on any atom is 0.195 e. The van der Waals surface area contributed by atoms with E-state index in [1.54, 1.807) is 19.9 Å². The maximum absolute atomic E-state index is 13.7. The standard InChI is InChI=1S/C15H12F2O/c1-9-3-5-12(14(17)7-9)15(18)11-4-6-13(16)10(2)8-11/h3-8H,1-2H3. The number of benzene rings is 2. The Hall–Kier alpha value is -2.03. The summed E-state index contributed by atoms with van der Waals surface area (Å²) in [5, 5.41) is 0. The fourth-order valence-corrected chi connectivity index (χ4v) is 1.75. The SMILES string of the molecule is Cc1ccc(C(=O)c2ccc(F)c(C)c2)c(F)c1. The molecule has 0 spiro atoms. The second-order valence-electron chi connectivity index (χ2n) is 4.28. The highest BCUT2D eigenvalue weighted by Crippen LogP contribution is 2.17. The fraction of sp³-hybridized carbons (Fsp3) is 0.133. The van der Waals surface area contributed by atoms with E-state index in [4.69, 9.17) is 0 Å². The first-order valence-corrected chi connectivity index (χ1v) is 5.56. The molecule has 0 amide bonds. The van der Waals surface area contributed by atoms with Gasteiger partial charge in [-0.3, -0.25) is 4.79 Å². The van der Waals surface area contributed by atoms with Gasteiger partial charge in [0.1, 0.15) is 11.6 Å². The molecule has 2 aromatic carbocycles. The predicted molar refractivity (Wildman–Crippen MR) is 65.7 cm³/mol. The van der Waals surface area contributed by atoms with Crippen LogP contribution in [-0.2, 0) is 0 Å². The van der Waals surface area contributed by atoms with Crippen LogP contribution in [0, 0.1) is 25.5 Å². The molecule has 0 fully saturated rings. The van der Waals surface area contributed by atoms with Crippen LogP contribution >= 0.6 is 0 Å². The number of halogens is 2. The Kier molecular flexibility index (Phi) is 3.24. The minimum atomic E-state index is -0.554. The fourth-order valence-electron chi connectivity index (χ4n) is 1.75. The van der Waals surface area contributed by atoms with Gasteiger partial charge in [0.2, 0.25) is 0 Å². The van der Waals surface area contributed by atoms with Gasteiger partial charge in [-0.1, -0.05) is 6.07 Å². The van der Waals surface area contributed by atoms with Crippen molar-refractivity contribution in [3.8, 4) is 0 Å². The molecule has 0 bridgehead atoms. The molecule has 0 radical (unpaired) electrons. The minimum Gasteiger partial charge on any atom is -0.288 e. The molecule has 1 nitrogen and oxygen atoms in total. The van der Waals surface area contributed by atoms with Crippen LogP contribution in [0.2, 0.25) is 0 Å². The summed E-state index contributed by atoms with van der Waals surface area (Å²) in [6.07, 6.45) is 0. The normalized spacial score (nSPS) is 10.4. The number of carbonyl (C=O) groups excluding carboxylic acids is 1. The van der Waals surface area contributed by atoms with Crippen molar-refractivity contribution in [2.45, 2.75) is 13.8 Å². The van der Waals surface area contributed by atoms with Crippen LogP contribution in [0.25, 0.3) is 0 Å². The number of aryl methyl sites for hydroxylation is 2. The van der Waals surface area contributed by atoms with Crippen molar-refractivity contribution < 1.29 is 13.6 Å². The Morgan fingerprint density at radius 1 is 0.944 bits per heavy atom. The quantitative estimate of drug-likeness (QED) is 0.736. The van der Waals surface area contributed by atoms with E-state index in [-0.39, 0.29) is 16.9 Å². The van der Waals surface area contributed by atoms with Crippen molar-refractivity contribution >= 4 is 5.78 Å². The molecule has 3 heteroatoms. The zero-order chi connectivity index (χ0) is 13.3. The molecule has 0 aliphatic heterocycles. The molecule has 0 aliphatic rings. The molecule has 2 rings (SSSR count). The Labute approximate surface area is 104 Å². The van der Waals surface area contributed by atoms with Crippen molar-refractivity contribution in [3.63, 3.8) is 0 Å².